The second-order valence-electron chi connectivity index (χ2n) is 6.08. The lowest BCUT2D eigenvalue weighted by Crippen LogP contribution is -2.37. The van der Waals surface area contributed by atoms with Gasteiger partial charge >= 0.3 is 0 Å². The summed E-state index contributed by atoms with van der Waals surface area (Å²) in [6, 6.07) is 7.99. The molecule has 0 aliphatic rings. The molecule has 22 heavy (non-hydrogen) atoms. The lowest BCUT2D eigenvalue weighted by molar-refractivity contribution is 0.0518. The molecule has 4 heteroatoms. The number of rotatable bonds is 7. The molecule has 0 aliphatic carbocycles. The molecule has 0 spiro atoms. The van der Waals surface area contributed by atoms with E-state index in [1.165, 1.54) is 0 Å². The minimum atomic E-state index is -0.970. The first-order valence-electron chi connectivity index (χ1n) is 7.88. The normalized spacial score (nSPS) is 15.5. The Kier molecular flexibility index (Phi) is 5.37. The van der Waals surface area contributed by atoms with Crippen molar-refractivity contribution in [2.45, 2.75) is 52.2 Å². The number of nitrogens with zero attached hydrogens (tertiary/aromatic N) is 1. The smallest absolute Gasteiger partial charge is 0.107 e. The molecular formula is C18H26N2O2. The van der Waals surface area contributed by atoms with E-state index in [4.69, 9.17) is 4.42 Å². The summed E-state index contributed by atoms with van der Waals surface area (Å²) in [5, 5.41) is 14.3. The Balaban J connectivity index is 2.10. The zero-order chi connectivity index (χ0) is 16.2. The van der Waals surface area contributed by atoms with Crippen molar-refractivity contribution in [1.29, 1.82) is 0 Å². The molecule has 2 aromatic heterocycles. The van der Waals surface area contributed by atoms with Crippen LogP contribution < -0.4 is 5.32 Å². The van der Waals surface area contributed by atoms with Gasteiger partial charge in [-0.05, 0) is 45.4 Å². The Morgan fingerprint density at radius 3 is 2.68 bits per heavy atom. The highest BCUT2D eigenvalue weighted by Gasteiger charge is 2.28. The van der Waals surface area contributed by atoms with E-state index in [2.05, 4.69) is 17.2 Å². The van der Waals surface area contributed by atoms with E-state index in [0.29, 0.717) is 6.54 Å². The minimum absolute atomic E-state index is 0.144. The third-order valence-electron chi connectivity index (χ3n) is 3.94. The second-order valence-corrected chi connectivity index (χ2v) is 6.08. The third-order valence-corrected chi connectivity index (χ3v) is 3.94. The van der Waals surface area contributed by atoms with Gasteiger partial charge in [-0.15, -0.1) is 0 Å². The summed E-state index contributed by atoms with van der Waals surface area (Å²) in [5.41, 5.74) is 0.886. The summed E-state index contributed by atoms with van der Waals surface area (Å²) in [4.78, 5) is 4.43. The third kappa shape index (κ3) is 3.96. The molecule has 4 nitrogen and oxygen atoms in total. The molecule has 0 saturated carbocycles. The van der Waals surface area contributed by atoms with Crippen LogP contribution in [-0.4, -0.2) is 16.6 Å². The second kappa shape index (κ2) is 7.07. The van der Waals surface area contributed by atoms with Crippen LogP contribution >= 0.6 is 0 Å². The van der Waals surface area contributed by atoms with Gasteiger partial charge in [0.1, 0.15) is 17.1 Å². The highest BCUT2D eigenvalue weighted by atomic mass is 16.3. The molecule has 2 rings (SSSR count). The molecule has 0 radical (unpaired) electrons. The molecule has 0 aromatic carbocycles. The van der Waals surface area contributed by atoms with E-state index in [1.807, 2.05) is 45.0 Å². The fourth-order valence-electron chi connectivity index (χ4n) is 2.81. The van der Waals surface area contributed by atoms with Crippen LogP contribution in [0.3, 0.4) is 0 Å². The van der Waals surface area contributed by atoms with Gasteiger partial charge in [0, 0.05) is 24.3 Å². The van der Waals surface area contributed by atoms with Crippen molar-refractivity contribution >= 4 is 0 Å². The predicted octanol–water partition coefficient (Wildman–Crippen LogP) is 3.63. The Morgan fingerprint density at radius 2 is 2.14 bits per heavy atom. The van der Waals surface area contributed by atoms with E-state index in [1.54, 1.807) is 6.20 Å². The molecule has 2 aromatic rings. The number of nitrogens with one attached hydrogen (secondary N) is 1. The highest BCUT2D eigenvalue weighted by Crippen LogP contribution is 2.27. The van der Waals surface area contributed by atoms with Gasteiger partial charge in [0.15, 0.2) is 0 Å². The fourth-order valence-corrected chi connectivity index (χ4v) is 2.81. The first kappa shape index (κ1) is 16.7. The summed E-state index contributed by atoms with van der Waals surface area (Å²) in [7, 11) is 0. The van der Waals surface area contributed by atoms with Gasteiger partial charge < -0.3 is 14.8 Å². The Bertz CT molecular complexity index is 590. The average molecular weight is 302 g/mol. The molecular weight excluding hydrogens is 276 g/mol. The lowest BCUT2D eigenvalue weighted by atomic mass is 9.95. The van der Waals surface area contributed by atoms with Crippen molar-refractivity contribution in [2.24, 2.45) is 0 Å². The summed E-state index contributed by atoms with van der Waals surface area (Å²) in [6.45, 7) is 8.21. The molecule has 0 saturated heterocycles. The van der Waals surface area contributed by atoms with Crippen molar-refractivity contribution in [1.82, 2.24) is 10.3 Å². The maximum atomic E-state index is 10.8. The van der Waals surface area contributed by atoms with Crippen molar-refractivity contribution in [3.8, 4) is 0 Å². The number of furan rings is 1. The monoisotopic (exact) mass is 302 g/mol. The van der Waals surface area contributed by atoms with E-state index in [-0.39, 0.29) is 6.04 Å². The zero-order valence-corrected chi connectivity index (χ0v) is 13.9. The van der Waals surface area contributed by atoms with Gasteiger partial charge in [0.05, 0.1) is 5.69 Å². The fraction of sp³-hybridized carbons (Fsp3) is 0.500. The molecule has 0 aliphatic heterocycles. The predicted molar refractivity (Wildman–Crippen MR) is 87.6 cm³/mol. The van der Waals surface area contributed by atoms with Crippen molar-refractivity contribution < 1.29 is 9.52 Å². The summed E-state index contributed by atoms with van der Waals surface area (Å²) in [5.74, 6) is 1.59. The first-order valence-corrected chi connectivity index (χ1v) is 7.88. The van der Waals surface area contributed by atoms with E-state index in [9.17, 15) is 5.11 Å². The van der Waals surface area contributed by atoms with Crippen molar-refractivity contribution in [3.05, 3.63) is 53.2 Å². The SMILES string of the molecule is CCCC(NCC(C)(O)c1cc(C)oc1C)c1ccccn1. The number of pyridine rings is 1. The number of hydrogen-bond donors (Lipinski definition) is 2. The Morgan fingerprint density at radius 1 is 1.36 bits per heavy atom. The van der Waals surface area contributed by atoms with Crippen LogP contribution in [0.2, 0.25) is 0 Å². The Hall–Kier alpha value is -1.65. The van der Waals surface area contributed by atoms with Crippen LogP contribution in [0.5, 0.6) is 0 Å². The number of hydrogen-bond acceptors (Lipinski definition) is 4. The summed E-state index contributed by atoms with van der Waals surface area (Å²) in [6.07, 6.45) is 3.85. The van der Waals surface area contributed by atoms with E-state index >= 15 is 0 Å². The maximum absolute atomic E-state index is 10.8. The number of aromatic nitrogens is 1. The van der Waals surface area contributed by atoms with Crippen LogP contribution in [0.25, 0.3) is 0 Å². The van der Waals surface area contributed by atoms with Crippen molar-refractivity contribution in [3.63, 3.8) is 0 Å². The van der Waals surface area contributed by atoms with E-state index in [0.717, 1.165) is 35.6 Å². The van der Waals surface area contributed by atoms with Crippen molar-refractivity contribution in [2.75, 3.05) is 6.54 Å². The standard InChI is InChI=1S/C18H26N2O2/c1-5-8-16(17-9-6-7-10-19-17)20-12-18(4,21)15-11-13(2)22-14(15)3/h6-7,9-11,16,20-21H,5,8,12H2,1-4H3. The van der Waals surface area contributed by atoms with Crippen LogP contribution in [0, 0.1) is 13.8 Å². The largest absolute Gasteiger partial charge is 0.466 e. The van der Waals surface area contributed by atoms with Crippen LogP contribution in [0.15, 0.2) is 34.9 Å². The summed E-state index contributed by atoms with van der Waals surface area (Å²) < 4.78 is 5.54. The van der Waals surface area contributed by atoms with E-state index < -0.39 is 5.60 Å². The Labute approximate surface area is 132 Å². The first-order chi connectivity index (χ1) is 10.4. The maximum Gasteiger partial charge on any atom is 0.107 e. The molecule has 0 amide bonds. The van der Waals surface area contributed by atoms with Gasteiger partial charge in [0.25, 0.3) is 0 Å². The van der Waals surface area contributed by atoms with Gasteiger partial charge in [0.2, 0.25) is 0 Å². The molecule has 2 heterocycles. The van der Waals surface area contributed by atoms with Gasteiger partial charge in [-0.2, -0.15) is 0 Å². The van der Waals surface area contributed by atoms with Gasteiger partial charge in [-0.3, -0.25) is 4.98 Å². The molecule has 2 unspecified atom stereocenters. The number of aryl methyl sites for hydroxylation is 2. The molecule has 0 fully saturated rings. The highest BCUT2D eigenvalue weighted by molar-refractivity contribution is 5.27. The average Bonchev–Trinajstić information content (AvgIpc) is 2.84. The van der Waals surface area contributed by atoms with Crippen LogP contribution in [0.1, 0.15) is 55.5 Å². The number of aliphatic hydroxyl groups is 1. The van der Waals surface area contributed by atoms with Crippen LogP contribution in [-0.2, 0) is 5.60 Å². The van der Waals surface area contributed by atoms with Crippen LogP contribution in [0.4, 0.5) is 0 Å². The quantitative estimate of drug-likeness (QED) is 0.820. The zero-order valence-electron chi connectivity index (χ0n) is 13.9. The van der Waals surface area contributed by atoms with Gasteiger partial charge in [-0.1, -0.05) is 19.4 Å². The molecule has 0 bridgehead atoms. The molecule has 2 N–H and O–H groups in total. The lowest BCUT2D eigenvalue weighted by Gasteiger charge is -2.27. The van der Waals surface area contributed by atoms with Gasteiger partial charge in [-0.25, -0.2) is 0 Å². The summed E-state index contributed by atoms with van der Waals surface area (Å²) >= 11 is 0. The minimum Gasteiger partial charge on any atom is -0.466 e. The molecule has 120 valence electrons. The topological polar surface area (TPSA) is 58.3 Å². The molecule has 2 atom stereocenters.